The molecule has 0 radical (unpaired) electrons. The van der Waals surface area contributed by atoms with E-state index in [1.54, 1.807) is 0 Å². The number of fused-ring (bicyclic) bond motifs is 5. The summed E-state index contributed by atoms with van der Waals surface area (Å²) in [6.07, 6.45) is 3.63. The van der Waals surface area contributed by atoms with Crippen molar-refractivity contribution in [3.8, 4) is 33.8 Å². The molecule has 2 aliphatic rings. The molecule has 0 atom stereocenters. The Balaban J connectivity index is 1.20. The number of hydrogen-bond donors (Lipinski definition) is 0. The third kappa shape index (κ3) is 3.56. The zero-order chi connectivity index (χ0) is 28.6. The van der Waals surface area contributed by atoms with E-state index in [-0.39, 0.29) is 10.8 Å². The Morgan fingerprint density at radius 2 is 1.05 bits per heavy atom. The van der Waals surface area contributed by atoms with Crippen molar-refractivity contribution in [2.24, 2.45) is 0 Å². The fourth-order valence-electron chi connectivity index (χ4n) is 7.22. The van der Waals surface area contributed by atoms with Gasteiger partial charge in [-0.15, -0.1) is 0 Å². The molecule has 0 amide bonds. The van der Waals surface area contributed by atoms with Crippen molar-refractivity contribution in [1.29, 1.82) is 0 Å². The van der Waals surface area contributed by atoms with E-state index < -0.39 is 0 Å². The summed E-state index contributed by atoms with van der Waals surface area (Å²) in [5.74, 6) is 0. The summed E-state index contributed by atoms with van der Waals surface area (Å²) < 4.78 is 0. The minimum absolute atomic E-state index is 0.124. The Kier molecular flexibility index (Phi) is 5.21. The minimum atomic E-state index is -0.130. The maximum absolute atomic E-state index is 5.03. The molecule has 0 N–H and O–H groups in total. The Morgan fingerprint density at radius 1 is 0.476 bits per heavy atom. The smallest absolute Gasteiger partial charge is 0.0710 e. The Bertz CT molecular complexity index is 2080. The fraction of sp³-hybridized carbons (Fsp3) is 0.154. The van der Waals surface area contributed by atoms with Crippen LogP contribution < -0.4 is 0 Å². The Morgan fingerprint density at radius 3 is 1.69 bits per heavy atom. The van der Waals surface area contributed by atoms with Gasteiger partial charge < -0.3 is 0 Å². The minimum Gasteiger partial charge on any atom is -0.265 e. The molecule has 0 aliphatic heterocycles. The van der Waals surface area contributed by atoms with E-state index in [1.165, 1.54) is 44.3 Å². The van der Waals surface area contributed by atoms with Gasteiger partial charge in [-0.3, -0.25) is 4.98 Å². The van der Waals surface area contributed by atoms with Gasteiger partial charge in [0.25, 0.3) is 0 Å². The molecule has 0 fully saturated rings. The molecule has 2 aliphatic carbocycles. The molecule has 42 heavy (non-hydrogen) atoms. The summed E-state index contributed by atoms with van der Waals surface area (Å²) in [5, 5.41) is 1.17. The molecule has 0 unspecified atom stereocenters. The van der Waals surface area contributed by atoms with Gasteiger partial charge in [0.1, 0.15) is 0 Å². The van der Waals surface area contributed by atoms with E-state index in [2.05, 4.69) is 124 Å². The summed E-state index contributed by atoms with van der Waals surface area (Å²) in [5.41, 5.74) is 15.5. The van der Waals surface area contributed by atoms with Crippen LogP contribution >= 0.6 is 0 Å². The van der Waals surface area contributed by atoms with Gasteiger partial charge in [-0.25, -0.2) is 9.97 Å². The van der Waals surface area contributed by atoms with Crippen LogP contribution in [0.4, 0.5) is 0 Å². The largest absolute Gasteiger partial charge is 0.265 e. The van der Waals surface area contributed by atoms with Crippen LogP contribution in [0.5, 0.6) is 0 Å². The van der Waals surface area contributed by atoms with Gasteiger partial charge in [-0.1, -0.05) is 82.3 Å². The van der Waals surface area contributed by atoms with E-state index in [0.717, 1.165) is 33.7 Å². The molecule has 0 saturated heterocycles. The first kappa shape index (κ1) is 24.9. The lowest BCUT2D eigenvalue weighted by Gasteiger charge is -2.28. The number of benzene rings is 3. The van der Waals surface area contributed by atoms with Crippen LogP contribution in [0.25, 0.3) is 55.8 Å². The highest BCUT2D eigenvalue weighted by Gasteiger charge is 2.49. The summed E-state index contributed by atoms with van der Waals surface area (Å²) in [6, 6.07) is 36.8. The van der Waals surface area contributed by atoms with Crippen LogP contribution in [0.3, 0.4) is 0 Å². The SMILES string of the molecule is CC1(C)C2=C(c3ccc(-c4cccc(-c5ccncc5)n4)cc31)C(C)(C)c1cc(-c3ccc4ccccc4n3)ccc12. The maximum atomic E-state index is 5.03. The van der Waals surface area contributed by atoms with Crippen LogP contribution in [0.1, 0.15) is 49.9 Å². The van der Waals surface area contributed by atoms with Crippen molar-refractivity contribution in [2.75, 3.05) is 0 Å². The lowest BCUT2D eigenvalue weighted by molar-refractivity contribution is 0.694. The lowest BCUT2D eigenvalue weighted by atomic mass is 9.75. The van der Waals surface area contributed by atoms with Gasteiger partial charge >= 0.3 is 0 Å². The van der Waals surface area contributed by atoms with Gasteiger partial charge in [0, 0.05) is 45.3 Å². The number of nitrogens with zero attached hydrogens (tertiary/aromatic N) is 3. The average Bonchev–Trinajstić information content (AvgIpc) is 3.42. The van der Waals surface area contributed by atoms with Crippen LogP contribution in [0.15, 0.2) is 116 Å². The topological polar surface area (TPSA) is 38.7 Å². The lowest BCUT2D eigenvalue weighted by Crippen LogP contribution is -2.19. The summed E-state index contributed by atoms with van der Waals surface area (Å²) in [6.45, 7) is 9.51. The number of pyridine rings is 3. The molecule has 0 bridgehead atoms. The molecule has 0 saturated carbocycles. The molecular formula is C39H31N3. The maximum Gasteiger partial charge on any atom is 0.0710 e. The van der Waals surface area contributed by atoms with Gasteiger partial charge in [-0.05, 0) is 81.9 Å². The standard InChI is InChI=1S/C39H31N3/c1-38(2)30-22-26(34-11-7-10-33(41-34)25-18-20-40-21-19-25)12-15-28(30)36-37(38)29-16-13-27(23-31(29)39(36,3)4)35-17-14-24-8-5-6-9-32(24)42-35/h5-23H,1-4H3. The van der Waals surface area contributed by atoms with Gasteiger partial charge in [0.05, 0.1) is 22.6 Å². The van der Waals surface area contributed by atoms with Crippen molar-refractivity contribution >= 4 is 22.0 Å². The first-order chi connectivity index (χ1) is 20.3. The highest BCUT2D eigenvalue weighted by Crippen LogP contribution is 2.63. The Hall–Kier alpha value is -4.89. The number of para-hydroxylation sites is 1. The summed E-state index contributed by atoms with van der Waals surface area (Å²) >= 11 is 0. The molecule has 0 spiro atoms. The predicted molar refractivity (Wildman–Crippen MR) is 173 cm³/mol. The quantitative estimate of drug-likeness (QED) is 0.224. The van der Waals surface area contributed by atoms with E-state index >= 15 is 0 Å². The van der Waals surface area contributed by atoms with E-state index in [4.69, 9.17) is 9.97 Å². The number of allylic oxidation sites excluding steroid dienone is 2. The summed E-state index contributed by atoms with van der Waals surface area (Å²) in [4.78, 5) is 14.2. The van der Waals surface area contributed by atoms with Crippen LogP contribution in [0, 0.1) is 0 Å². The first-order valence-corrected chi connectivity index (χ1v) is 14.6. The predicted octanol–water partition coefficient (Wildman–Crippen LogP) is 9.52. The second kappa shape index (κ2) is 8.80. The van der Waals surface area contributed by atoms with Crippen molar-refractivity contribution in [3.05, 3.63) is 138 Å². The normalized spacial score (nSPS) is 15.9. The van der Waals surface area contributed by atoms with Crippen molar-refractivity contribution in [1.82, 2.24) is 15.0 Å². The van der Waals surface area contributed by atoms with E-state index in [0.29, 0.717) is 0 Å². The second-order valence-electron chi connectivity index (χ2n) is 12.6. The second-order valence-corrected chi connectivity index (χ2v) is 12.6. The van der Waals surface area contributed by atoms with Gasteiger partial charge in [-0.2, -0.15) is 0 Å². The van der Waals surface area contributed by atoms with Crippen molar-refractivity contribution in [3.63, 3.8) is 0 Å². The molecule has 3 aromatic carbocycles. The molecule has 3 heteroatoms. The number of rotatable bonds is 3. The number of hydrogen-bond acceptors (Lipinski definition) is 3. The summed E-state index contributed by atoms with van der Waals surface area (Å²) in [7, 11) is 0. The monoisotopic (exact) mass is 541 g/mol. The zero-order valence-electron chi connectivity index (χ0n) is 24.3. The van der Waals surface area contributed by atoms with Crippen LogP contribution in [0.2, 0.25) is 0 Å². The molecule has 3 aromatic heterocycles. The third-order valence-corrected chi connectivity index (χ3v) is 9.34. The molecule has 3 nitrogen and oxygen atoms in total. The van der Waals surface area contributed by atoms with Gasteiger partial charge in [0.2, 0.25) is 0 Å². The van der Waals surface area contributed by atoms with E-state index in [9.17, 15) is 0 Å². The van der Waals surface area contributed by atoms with Crippen LogP contribution in [-0.2, 0) is 10.8 Å². The highest BCUT2D eigenvalue weighted by atomic mass is 14.7. The molecule has 6 aromatic rings. The molecule has 8 rings (SSSR count). The van der Waals surface area contributed by atoms with Crippen molar-refractivity contribution in [2.45, 2.75) is 38.5 Å². The first-order valence-electron chi connectivity index (χ1n) is 14.6. The number of aromatic nitrogens is 3. The van der Waals surface area contributed by atoms with E-state index in [1.807, 2.05) is 24.5 Å². The third-order valence-electron chi connectivity index (χ3n) is 9.34. The average molecular weight is 542 g/mol. The molecule has 202 valence electrons. The molecule has 3 heterocycles. The highest BCUT2D eigenvalue weighted by molar-refractivity contribution is 6.10. The van der Waals surface area contributed by atoms with Crippen molar-refractivity contribution < 1.29 is 0 Å². The zero-order valence-corrected chi connectivity index (χ0v) is 24.3. The van der Waals surface area contributed by atoms with Crippen LogP contribution in [-0.4, -0.2) is 15.0 Å². The molecular weight excluding hydrogens is 510 g/mol. The Labute approximate surface area is 246 Å². The fourth-order valence-corrected chi connectivity index (χ4v) is 7.22. The van der Waals surface area contributed by atoms with Gasteiger partial charge in [0.15, 0.2) is 0 Å².